The van der Waals surface area contributed by atoms with Gasteiger partial charge in [0.05, 0.1) is 34.1 Å². The summed E-state index contributed by atoms with van der Waals surface area (Å²) in [5, 5.41) is 9.87. The van der Waals surface area contributed by atoms with E-state index >= 15 is 0 Å². The third-order valence-corrected chi connectivity index (χ3v) is 7.33. The van der Waals surface area contributed by atoms with Crippen LogP contribution in [-0.2, 0) is 0 Å². The van der Waals surface area contributed by atoms with Gasteiger partial charge in [-0.1, -0.05) is 0 Å². The zero-order valence-corrected chi connectivity index (χ0v) is 26.6. The number of Topliss-reactive ketones (excluding diaryl/α,β-unsaturated/α-hetero) is 2. The molecular formula is C36H32N2O10. The Balaban J connectivity index is 1.23. The second kappa shape index (κ2) is 14.9. The number of ether oxygens (including phenoxy) is 6. The first-order valence-corrected chi connectivity index (χ1v) is 14.5. The maximum absolute atomic E-state index is 12.7. The molecule has 0 aliphatic heterocycles. The van der Waals surface area contributed by atoms with Gasteiger partial charge < -0.3 is 33.5 Å². The average Bonchev–Trinajstić information content (AvgIpc) is 3.58. The van der Waals surface area contributed by atoms with E-state index in [1.165, 1.54) is 34.6 Å². The Hall–Kier alpha value is -6.30. The van der Waals surface area contributed by atoms with Crippen molar-refractivity contribution in [1.82, 2.24) is 9.55 Å². The molecule has 0 aliphatic rings. The van der Waals surface area contributed by atoms with Crippen molar-refractivity contribution in [1.29, 1.82) is 0 Å². The van der Waals surface area contributed by atoms with Crippen molar-refractivity contribution < 1.29 is 47.9 Å². The molecular weight excluding hydrogens is 620 g/mol. The molecule has 0 bridgehead atoms. The first-order chi connectivity index (χ1) is 23.2. The Morgan fingerprint density at radius 2 is 1.04 bits per heavy atom. The number of rotatable bonds is 14. The fourth-order valence-corrected chi connectivity index (χ4v) is 4.77. The number of imidazole rings is 1. The van der Waals surface area contributed by atoms with Gasteiger partial charge in [0.25, 0.3) is 0 Å². The molecule has 0 unspecified atom stereocenters. The number of carboxylic acid groups (broad SMARTS) is 1. The van der Waals surface area contributed by atoms with E-state index in [4.69, 9.17) is 28.4 Å². The summed E-state index contributed by atoms with van der Waals surface area (Å²) in [6, 6.07) is 23.1. The van der Waals surface area contributed by atoms with E-state index in [2.05, 4.69) is 4.98 Å². The topological polar surface area (TPSA) is 145 Å². The molecule has 12 nitrogen and oxygen atoms in total. The predicted molar refractivity (Wildman–Crippen MR) is 175 cm³/mol. The van der Waals surface area contributed by atoms with Crippen LogP contribution in [0.1, 0.15) is 20.7 Å². The summed E-state index contributed by atoms with van der Waals surface area (Å²) >= 11 is 0. The number of nitrogens with zero attached hydrogens (tertiary/aromatic N) is 2. The summed E-state index contributed by atoms with van der Waals surface area (Å²) in [5.74, 6) is 2.47. The lowest BCUT2D eigenvalue weighted by molar-refractivity contribution is 0.0914. The highest BCUT2D eigenvalue weighted by Gasteiger charge is 2.18. The van der Waals surface area contributed by atoms with Crippen LogP contribution in [-0.4, -0.2) is 74.0 Å². The summed E-state index contributed by atoms with van der Waals surface area (Å²) in [7, 11) is 6.01. The summed E-state index contributed by atoms with van der Waals surface area (Å²) in [4.78, 5) is 42.0. The van der Waals surface area contributed by atoms with Crippen LogP contribution in [0.25, 0.3) is 22.6 Å². The van der Waals surface area contributed by atoms with E-state index in [1.807, 2.05) is 0 Å². The third-order valence-electron chi connectivity index (χ3n) is 7.33. The number of hydrogen-bond donors (Lipinski definition) is 1. The molecule has 0 fully saturated rings. The zero-order valence-electron chi connectivity index (χ0n) is 26.6. The summed E-state index contributed by atoms with van der Waals surface area (Å²) in [6.07, 6.45) is 0.207. The normalized spacial score (nSPS) is 10.6. The van der Waals surface area contributed by atoms with Crippen molar-refractivity contribution in [3.05, 3.63) is 102 Å². The zero-order chi connectivity index (χ0) is 34.2. The molecule has 0 amide bonds. The molecule has 0 aliphatic carbocycles. The van der Waals surface area contributed by atoms with Crippen molar-refractivity contribution in [2.75, 3.05) is 41.7 Å². The van der Waals surface area contributed by atoms with Gasteiger partial charge in [0.2, 0.25) is 0 Å². The highest BCUT2D eigenvalue weighted by Crippen LogP contribution is 2.30. The Kier molecular flexibility index (Phi) is 10.2. The third kappa shape index (κ3) is 7.39. The fraction of sp³-hybridized carbons (Fsp3) is 0.167. The molecule has 5 rings (SSSR count). The molecule has 0 radical (unpaired) electrons. The van der Waals surface area contributed by atoms with Crippen LogP contribution in [0.2, 0.25) is 0 Å². The van der Waals surface area contributed by atoms with Gasteiger partial charge in [-0.25, -0.2) is 14.3 Å². The van der Waals surface area contributed by atoms with Crippen LogP contribution in [0, 0.1) is 0 Å². The van der Waals surface area contributed by atoms with Crippen molar-refractivity contribution in [3.8, 4) is 57.1 Å². The molecule has 12 heteroatoms. The number of carbonyl (C=O) groups is 3. The minimum absolute atomic E-state index is 0.198. The van der Waals surface area contributed by atoms with Crippen LogP contribution in [0.3, 0.4) is 0 Å². The van der Waals surface area contributed by atoms with E-state index < -0.39 is 6.09 Å². The number of benzene rings is 4. The van der Waals surface area contributed by atoms with Gasteiger partial charge in [0.1, 0.15) is 17.3 Å². The molecule has 5 aromatic rings. The van der Waals surface area contributed by atoms with Crippen molar-refractivity contribution in [2.24, 2.45) is 0 Å². The maximum Gasteiger partial charge on any atom is 0.417 e. The van der Waals surface area contributed by atoms with Crippen LogP contribution in [0.4, 0.5) is 4.79 Å². The van der Waals surface area contributed by atoms with E-state index in [-0.39, 0.29) is 30.6 Å². The number of carbonyl (C=O) groups excluding carboxylic acids is 2. The molecule has 4 aromatic carbocycles. The number of aromatic nitrogens is 2. The highest BCUT2D eigenvalue weighted by molar-refractivity contribution is 5.98. The quantitative estimate of drug-likeness (QED) is 0.135. The van der Waals surface area contributed by atoms with Gasteiger partial charge in [0, 0.05) is 28.5 Å². The molecule has 1 aromatic heterocycles. The predicted octanol–water partition coefficient (Wildman–Crippen LogP) is 6.30. The molecule has 0 saturated heterocycles. The van der Waals surface area contributed by atoms with Crippen LogP contribution < -0.4 is 28.4 Å². The summed E-state index contributed by atoms with van der Waals surface area (Å²) < 4.78 is 33.3. The second-order valence-electron chi connectivity index (χ2n) is 10.2. The molecule has 0 spiro atoms. The maximum atomic E-state index is 12.7. The van der Waals surface area contributed by atoms with E-state index in [0.29, 0.717) is 62.4 Å². The lowest BCUT2D eigenvalue weighted by atomic mass is 10.1. The van der Waals surface area contributed by atoms with Gasteiger partial charge in [-0.3, -0.25) is 9.59 Å². The van der Waals surface area contributed by atoms with Crippen LogP contribution in [0.5, 0.6) is 34.5 Å². The van der Waals surface area contributed by atoms with E-state index in [1.54, 1.807) is 84.9 Å². The molecule has 1 N–H and O–H groups in total. The minimum atomic E-state index is -1.21. The lowest BCUT2D eigenvalue weighted by Crippen LogP contribution is -2.12. The average molecular weight is 653 g/mol. The van der Waals surface area contributed by atoms with Crippen molar-refractivity contribution in [2.45, 2.75) is 0 Å². The van der Waals surface area contributed by atoms with Crippen molar-refractivity contribution in [3.63, 3.8) is 0 Å². The molecule has 1 heterocycles. The highest BCUT2D eigenvalue weighted by atomic mass is 16.5. The molecule has 48 heavy (non-hydrogen) atoms. The van der Waals surface area contributed by atoms with Gasteiger partial charge in [0.15, 0.2) is 47.8 Å². The lowest BCUT2D eigenvalue weighted by Gasteiger charge is -2.10. The standard InChI is InChI=1S/C36H32N2O10/c1-43-31-15-9-24(17-33(31)45-3)29(39)20-47-26-11-5-22(6-12-26)28-19-38(36(41)42)35(37-28)23-7-13-27(14-8-23)48-21-30(40)25-10-16-32(44-2)34(18-25)46-4/h5-19H,20-21H2,1-4H3,(H,41,42). The first kappa shape index (κ1) is 33.1. The largest absolute Gasteiger partial charge is 0.493 e. The van der Waals surface area contributed by atoms with Gasteiger partial charge in [-0.15, -0.1) is 0 Å². The summed E-state index contributed by atoms with van der Waals surface area (Å²) in [6.45, 7) is -0.413. The Morgan fingerprint density at radius 3 is 1.46 bits per heavy atom. The van der Waals surface area contributed by atoms with Crippen LogP contribution >= 0.6 is 0 Å². The molecule has 246 valence electrons. The van der Waals surface area contributed by atoms with Gasteiger partial charge in [-0.2, -0.15) is 0 Å². The van der Waals surface area contributed by atoms with Crippen LogP contribution in [0.15, 0.2) is 91.1 Å². The number of ketones is 2. The fourth-order valence-electron chi connectivity index (χ4n) is 4.77. The van der Waals surface area contributed by atoms with E-state index in [0.717, 1.165) is 4.57 Å². The van der Waals surface area contributed by atoms with E-state index in [9.17, 15) is 19.5 Å². The van der Waals surface area contributed by atoms with Crippen molar-refractivity contribution >= 4 is 17.7 Å². The smallest absolute Gasteiger partial charge is 0.417 e. The SMILES string of the molecule is COc1ccc(C(=O)COc2ccc(-c3cn(C(=O)O)c(-c4ccc(OCC(=O)c5ccc(OC)c(OC)c5)cc4)n3)cc2)cc1OC. The monoisotopic (exact) mass is 652 g/mol. The Labute approximate surface area is 276 Å². The number of methoxy groups -OCH3 is 4. The number of hydrogen-bond acceptors (Lipinski definition) is 10. The molecule has 0 atom stereocenters. The minimum Gasteiger partial charge on any atom is -0.493 e. The Bertz CT molecular complexity index is 1930. The second-order valence-corrected chi connectivity index (χ2v) is 10.2. The Morgan fingerprint density at radius 1 is 0.604 bits per heavy atom. The van der Waals surface area contributed by atoms with Gasteiger partial charge >= 0.3 is 6.09 Å². The first-order valence-electron chi connectivity index (χ1n) is 14.5. The molecule has 0 saturated carbocycles. The van der Waals surface area contributed by atoms with Gasteiger partial charge in [-0.05, 0) is 84.9 Å². The summed E-state index contributed by atoms with van der Waals surface area (Å²) in [5.41, 5.74) is 2.40.